The van der Waals surface area contributed by atoms with Gasteiger partial charge >= 0.3 is 0 Å². The van der Waals surface area contributed by atoms with Gasteiger partial charge in [0.1, 0.15) is 5.82 Å². The average Bonchev–Trinajstić information content (AvgIpc) is 2.67. The summed E-state index contributed by atoms with van der Waals surface area (Å²) in [5.74, 6) is 0.708. The fraction of sp³-hybridized carbons (Fsp3) is 0.217. The Morgan fingerprint density at radius 1 is 1.04 bits per heavy atom. The second-order valence-corrected chi connectivity index (χ2v) is 6.94. The van der Waals surface area contributed by atoms with Gasteiger partial charge in [-0.05, 0) is 56.2 Å². The highest BCUT2D eigenvalue weighted by Crippen LogP contribution is 2.18. The molecular weight excluding hydrogens is 334 g/mol. The van der Waals surface area contributed by atoms with Crippen molar-refractivity contribution in [2.45, 2.75) is 33.4 Å². The molecule has 2 aromatic carbocycles. The maximum Gasteiger partial charge on any atom is 0.255 e. The van der Waals surface area contributed by atoms with E-state index in [2.05, 4.69) is 16.4 Å². The van der Waals surface area contributed by atoms with E-state index in [1.165, 1.54) is 5.56 Å². The van der Waals surface area contributed by atoms with Crippen LogP contribution in [-0.4, -0.2) is 21.8 Å². The molecular formula is C23H25N3O. The highest BCUT2D eigenvalue weighted by atomic mass is 16.2. The Morgan fingerprint density at radius 2 is 1.81 bits per heavy atom. The number of carbonyl (C=O) groups excluding carboxylic acids is 1. The van der Waals surface area contributed by atoms with Crippen molar-refractivity contribution < 1.29 is 4.79 Å². The van der Waals surface area contributed by atoms with Crippen LogP contribution in [0.3, 0.4) is 0 Å². The maximum absolute atomic E-state index is 13.0. The van der Waals surface area contributed by atoms with Gasteiger partial charge in [0, 0.05) is 24.5 Å². The number of anilines is 2. The third kappa shape index (κ3) is 4.94. The normalized spacial score (nSPS) is 10.7. The Kier molecular flexibility index (Phi) is 5.87. The lowest BCUT2D eigenvalue weighted by Crippen LogP contribution is -2.36. The van der Waals surface area contributed by atoms with Crippen LogP contribution in [0.5, 0.6) is 0 Å². The van der Waals surface area contributed by atoms with Crippen molar-refractivity contribution in [3.8, 4) is 0 Å². The van der Waals surface area contributed by atoms with E-state index in [9.17, 15) is 4.79 Å². The number of pyridine rings is 1. The Balaban J connectivity index is 1.73. The van der Waals surface area contributed by atoms with Crippen molar-refractivity contribution in [1.29, 1.82) is 0 Å². The quantitative estimate of drug-likeness (QED) is 0.659. The van der Waals surface area contributed by atoms with Gasteiger partial charge in [-0.1, -0.05) is 42.5 Å². The molecule has 0 spiro atoms. The van der Waals surface area contributed by atoms with Crippen molar-refractivity contribution in [2.75, 3.05) is 5.32 Å². The second kappa shape index (κ2) is 8.49. The Morgan fingerprint density at radius 3 is 2.44 bits per heavy atom. The zero-order chi connectivity index (χ0) is 19.2. The van der Waals surface area contributed by atoms with E-state index in [-0.39, 0.29) is 11.9 Å². The predicted molar refractivity (Wildman–Crippen MR) is 110 cm³/mol. The lowest BCUT2D eigenvalue weighted by Gasteiger charge is -2.27. The Hall–Kier alpha value is -3.14. The summed E-state index contributed by atoms with van der Waals surface area (Å²) in [5, 5.41) is 3.27. The van der Waals surface area contributed by atoms with Gasteiger partial charge in [0.2, 0.25) is 0 Å². The van der Waals surface area contributed by atoms with Gasteiger partial charge < -0.3 is 10.2 Å². The van der Waals surface area contributed by atoms with Crippen LogP contribution in [0.2, 0.25) is 0 Å². The SMILES string of the molecule is Cc1cccc(Nc2ccc(C(=O)N(Cc3ccccc3)C(C)C)cn2)c1. The van der Waals surface area contributed by atoms with Crippen molar-refractivity contribution in [2.24, 2.45) is 0 Å². The third-order valence-corrected chi connectivity index (χ3v) is 4.38. The standard InChI is InChI=1S/C23H25N3O/c1-17(2)26(16-19-9-5-4-6-10-19)23(27)20-12-13-22(24-15-20)25-21-11-7-8-18(3)14-21/h4-15,17H,16H2,1-3H3,(H,24,25). The molecule has 3 aromatic rings. The molecule has 1 aromatic heterocycles. The van der Waals surface area contributed by atoms with Crippen molar-refractivity contribution in [3.05, 3.63) is 89.6 Å². The molecule has 0 aliphatic rings. The van der Waals surface area contributed by atoms with Crippen LogP contribution in [0.1, 0.15) is 35.3 Å². The number of rotatable bonds is 6. The molecule has 0 aliphatic heterocycles. The average molecular weight is 359 g/mol. The molecule has 138 valence electrons. The van der Waals surface area contributed by atoms with Crippen LogP contribution in [0.4, 0.5) is 11.5 Å². The van der Waals surface area contributed by atoms with E-state index >= 15 is 0 Å². The first-order valence-electron chi connectivity index (χ1n) is 9.17. The summed E-state index contributed by atoms with van der Waals surface area (Å²) in [5.41, 5.74) is 3.87. The van der Waals surface area contributed by atoms with Crippen molar-refractivity contribution in [1.82, 2.24) is 9.88 Å². The minimum atomic E-state index is -0.0107. The lowest BCUT2D eigenvalue weighted by molar-refractivity contribution is 0.0690. The maximum atomic E-state index is 13.0. The number of carbonyl (C=O) groups is 1. The molecule has 1 heterocycles. The van der Waals surface area contributed by atoms with E-state index < -0.39 is 0 Å². The molecule has 0 bridgehead atoms. The monoisotopic (exact) mass is 359 g/mol. The van der Waals surface area contributed by atoms with Crippen molar-refractivity contribution >= 4 is 17.4 Å². The molecule has 0 fully saturated rings. The number of hydrogen-bond donors (Lipinski definition) is 1. The highest BCUT2D eigenvalue weighted by Gasteiger charge is 2.19. The van der Waals surface area contributed by atoms with Crippen molar-refractivity contribution in [3.63, 3.8) is 0 Å². The minimum Gasteiger partial charge on any atom is -0.340 e. The van der Waals surface area contributed by atoms with Crippen LogP contribution < -0.4 is 5.32 Å². The van der Waals surface area contributed by atoms with Crippen LogP contribution >= 0.6 is 0 Å². The van der Waals surface area contributed by atoms with Gasteiger partial charge in [-0.25, -0.2) is 4.98 Å². The van der Waals surface area contributed by atoms with Gasteiger partial charge in [0.25, 0.3) is 5.91 Å². The Bertz CT molecular complexity index is 889. The minimum absolute atomic E-state index is 0.0107. The molecule has 0 unspecified atom stereocenters. The molecule has 27 heavy (non-hydrogen) atoms. The molecule has 0 radical (unpaired) electrons. The van der Waals surface area contributed by atoms with Gasteiger partial charge in [0.05, 0.1) is 5.56 Å². The molecule has 0 saturated carbocycles. The summed E-state index contributed by atoms with van der Waals surface area (Å²) >= 11 is 0. The van der Waals surface area contributed by atoms with Gasteiger partial charge in [-0.15, -0.1) is 0 Å². The first-order valence-corrected chi connectivity index (χ1v) is 9.17. The number of amides is 1. The summed E-state index contributed by atoms with van der Waals surface area (Å²) in [6.07, 6.45) is 1.64. The van der Waals surface area contributed by atoms with E-state index in [1.54, 1.807) is 6.20 Å². The number of nitrogens with one attached hydrogen (secondary N) is 1. The van der Waals surface area contributed by atoms with E-state index in [4.69, 9.17) is 0 Å². The number of benzene rings is 2. The van der Waals surface area contributed by atoms with Crippen LogP contribution in [0, 0.1) is 6.92 Å². The lowest BCUT2D eigenvalue weighted by atomic mass is 10.1. The van der Waals surface area contributed by atoms with Gasteiger partial charge in [-0.3, -0.25) is 4.79 Å². The molecule has 1 N–H and O–H groups in total. The summed E-state index contributed by atoms with van der Waals surface area (Å²) < 4.78 is 0. The molecule has 4 nitrogen and oxygen atoms in total. The van der Waals surface area contributed by atoms with E-state index in [1.807, 2.05) is 86.3 Å². The summed E-state index contributed by atoms with van der Waals surface area (Å²) in [6, 6.07) is 21.9. The summed E-state index contributed by atoms with van der Waals surface area (Å²) in [6.45, 7) is 6.69. The fourth-order valence-corrected chi connectivity index (χ4v) is 2.90. The smallest absolute Gasteiger partial charge is 0.255 e. The first-order chi connectivity index (χ1) is 13.0. The largest absolute Gasteiger partial charge is 0.340 e. The van der Waals surface area contributed by atoms with Crippen LogP contribution in [-0.2, 0) is 6.54 Å². The molecule has 0 aliphatic carbocycles. The molecule has 0 atom stereocenters. The third-order valence-electron chi connectivity index (χ3n) is 4.38. The topological polar surface area (TPSA) is 45.2 Å². The second-order valence-electron chi connectivity index (χ2n) is 6.94. The van der Waals surface area contributed by atoms with Crippen LogP contribution in [0.25, 0.3) is 0 Å². The Labute approximate surface area is 160 Å². The fourth-order valence-electron chi connectivity index (χ4n) is 2.90. The van der Waals surface area contributed by atoms with Gasteiger partial charge in [0.15, 0.2) is 0 Å². The number of nitrogens with zero attached hydrogens (tertiary/aromatic N) is 2. The summed E-state index contributed by atoms with van der Waals surface area (Å²) in [7, 11) is 0. The molecule has 3 rings (SSSR count). The highest BCUT2D eigenvalue weighted by molar-refractivity contribution is 5.94. The predicted octanol–water partition coefficient (Wildman–Crippen LogP) is 5.18. The zero-order valence-corrected chi connectivity index (χ0v) is 16.0. The molecule has 0 saturated heterocycles. The zero-order valence-electron chi connectivity index (χ0n) is 16.0. The summed E-state index contributed by atoms with van der Waals surface area (Å²) in [4.78, 5) is 19.2. The molecule has 1 amide bonds. The van der Waals surface area contributed by atoms with E-state index in [0.717, 1.165) is 17.1 Å². The number of aryl methyl sites for hydroxylation is 1. The van der Waals surface area contributed by atoms with E-state index in [0.29, 0.717) is 12.1 Å². The van der Waals surface area contributed by atoms with Crippen LogP contribution in [0.15, 0.2) is 72.9 Å². The number of aromatic nitrogens is 1. The molecule has 4 heteroatoms. The first kappa shape index (κ1) is 18.6. The van der Waals surface area contributed by atoms with Gasteiger partial charge in [-0.2, -0.15) is 0 Å². The number of hydrogen-bond acceptors (Lipinski definition) is 3.